The Morgan fingerprint density at radius 1 is 1.11 bits per heavy atom. The van der Waals surface area contributed by atoms with Crippen molar-refractivity contribution >= 4 is 5.69 Å². The number of fused-ring (bicyclic) bond motifs is 1. The second-order valence-corrected chi connectivity index (χ2v) is 6.28. The quantitative estimate of drug-likeness (QED) is 0.803. The van der Waals surface area contributed by atoms with Crippen LogP contribution in [0.3, 0.4) is 0 Å². The molecular formula is C17H25N. The van der Waals surface area contributed by atoms with Crippen molar-refractivity contribution in [3.63, 3.8) is 0 Å². The fraction of sp³-hybridized carbons (Fsp3) is 0.647. The first kappa shape index (κ1) is 12.1. The second-order valence-electron chi connectivity index (χ2n) is 6.28. The van der Waals surface area contributed by atoms with Crippen molar-refractivity contribution in [1.82, 2.24) is 0 Å². The molecule has 0 amide bonds. The molecule has 18 heavy (non-hydrogen) atoms. The van der Waals surface area contributed by atoms with Gasteiger partial charge >= 0.3 is 0 Å². The molecule has 1 N–H and O–H groups in total. The summed E-state index contributed by atoms with van der Waals surface area (Å²) in [6, 6.07) is 7.76. The number of rotatable bonds is 2. The van der Waals surface area contributed by atoms with Gasteiger partial charge in [-0.25, -0.2) is 0 Å². The Morgan fingerprint density at radius 2 is 1.94 bits per heavy atom. The monoisotopic (exact) mass is 243 g/mol. The number of benzene rings is 1. The van der Waals surface area contributed by atoms with E-state index in [4.69, 9.17) is 0 Å². The smallest absolute Gasteiger partial charge is 0.0374 e. The molecule has 1 saturated carbocycles. The molecule has 1 atom stereocenters. The van der Waals surface area contributed by atoms with Gasteiger partial charge in [-0.15, -0.1) is 0 Å². The maximum Gasteiger partial charge on any atom is 0.0374 e. The molecule has 1 heterocycles. The van der Waals surface area contributed by atoms with Gasteiger partial charge in [-0.05, 0) is 49.3 Å². The van der Waals surface area contributed by atoms with Crippen LogP contribution >= 0.6 is 0 Å². The van der Waals surface area contributed by atoms with Gasteiger partial charge in [0.15, 0.2) is 0 Å². The van der Waals surface area contributed by atoms with E-state index in [9.17, 15) is 0 Å². The summed E-state index contributed by atoms with van der Waals surface area (Å²) in [6.45, 7) is 2.28. The summed E-state index contributed by atoms with van der Waals surface area (Å²) in [5, 5.41) is 3.59. The molecule has 98 valence electrons. The van der Waals surface area contributed by atoms with Gasteiger partial charge in [0.1, 0.15) is 0 Å². The van der Waals surface area contributed by atoms with Gasteiger partial charge in [-0.2, -0.15) is 0 Å². The predicted molar refractivity (Wildman–Crippen MR) is 78.1 cm³/mol. The maximum atomic E-state index is 3.59. The van der Waals surface area contributed by atoms with Crippen LogP contribution in [0.5, 0.6) is 0 Å². The molecule has 1 aromatic carbocycles. The zero-order chi connectivity index (χ0) is 12.4. The number of hydrogen-bond acceptors (Lipinski definition) is 1. The molecule has 1 aliphatic heterocycles. The Bertz CT molecular complexity index is 404. The van der Waals surface area contributed by atoms with Crippen LogP contribution in [0.4, 0.5) is 5.69 Å². The molecule has 0 radical (unpaired) electrons. The summed E-state index contributed by atoms with van der Waals surface area (Å²) in [4.78, 5) is 0. The van der Waals surface area contributed by atoms with Crippen molar-refractivity contribution in [2.75, 3.05) is 5.32 Å². The van der Waals surface area contributed by atoms with Gasteiger partial charge in [0.05, 0.1) is 0 Å². The molecule has 1 unspecified atom stereocenters. The van der Waals surface area contributed by atoms with Crippen molar-refractivity contribution in [2.45, 2.75) is 64.3 Å². The lowest BCUT2D eigenvalue weighted by atomic mass is 9.84. The van der Waals surface area contributed by atoms with E-state index < -0.39 is 0 Å². The minimum Gasteiger partial charge on any atom is -0.382 e. The zero-order valence-corrected chi connectivity index (χ0v) is 11.5. The molecule has 1 aromatic rings. The van der Waals surface area contributed by atoms with E-state index in [1.165, 1.54) is 57.1 Å². The zero-order valence-electron chi connectivity index (χ0n) is 11.5. The first-order valence-electron chi connectivity index (χ1n) is 7.69. The third kappa shape index (κ3) is 2.71. The Morgan fingerprint density at radius 3 is 2.78 bits per heavy atom. The largest absolute Gasteiger partial charge is 0.382 e. The molecule has 1 aliphatic carbocycles. The van der Waals surface area contributed by atoms with E-state index in [1.807, 2.05) is 0 Å². The highest BCUT2D eigenvalue weighted by atomic mass is 14.9. The highest BCUT2D eigenvalue weighted by molar-refractivity contribution is 5.55. The molecule has 0 spiro atoms. The van der Waals surface area contributed by atoms with Gasteiger partial charge in [-0.3, -0.25) is 0 Å². The van der Waals surface area contributed by atoms with E-state index in [1.54, 1.807) is 11.1 Å². The van der Waals surface area contributed by atoms with Crippen LogP contribution in [0.2, 0.25) is 0 Å². The van der Waals surface area contributed by atoms with E-state index in [0.29, 0.717) is 6.04 Å². The molecule has 0 saturated heterocycles. The Balaban J connectivity index is 1.69. The number of hydrogen-bond donors (Lipinski definition) is 1. The van der Waals surface area contributed by atoms with Crippen molar-refractivity contribution in [1.29, 1.82) is 0 Å². The Hall–Kier alpha value is -0.980. The summed E-state index contributed by atoms with van der Waals surface area (Å²) in [5.41, 5.74) is 4.49. The highest BCUT2D eigenvalue weighted by Crippen LogP contribution is 2.30. The maximum absolute atomic E-state index is 3.59. The molecule has 2 aliphatic rings. The van der Waals surface area contributed by atoms with Crippen molar-refractivity contribution in [2.24, 2.45) is 5.92 Å². The molecule has 1 fully saturated rings. The van der Waals surface area contributed by atoms with Crippen molar-refractivity contribution in [3.05, 3.63) is 29.3 Å². The first-order valence-corrected chi connectivity index (χ1v) is 7.69. The average molecular weight is 243 g/mol. The highest BCUT2D eigenvalue weighted by Gasteiger charge is 2.17. The van der Waals surface area contributed by atoms with Gasteiger partial charge in [0.25, 0.3) is 0 Å². The van der Waals surface area contributed by atoms with Crippen LogP contribution in [-0.2, 0) is 12.8 Å². The molecule has 0 bridgehead atoms. The second kappa shape index (κ2) is 5.34. The summed E-state index contributed by atoms with van der Waals surface area (Å²) in [6.07, 6.45) is 11.1. The lowest BCUT2D eigenvalue weighted by Gasteiger charge is -2.26. The van der Waals surface area contributed by atoms with Crippen LogP contribution in [0.15, 0.2) is 18.2 Å². The number of nitrogens with one attached hydrogen (secondary N) is 1. The summed E-state index contributed by atoms with van der Waals surface area (Å²) >= 11 is 0. The number of anilines is 1. The van der Waals surface area contributed by atoms with E-state index >= 15 is 0 Å². The Kier molecular flexibility index (Phi) is 3.58. The molecule has 0 aromatic heterocycles. The van der Waals surface area contributed by atoms with Gasteiger partial charge in [0, 0.05) is 11.7 Å². The van der Waals surface area contributed by atoms with Gasteiger partial charge in [-0.1, -0.05) is 44.2 Å². The normalized spacial score (nSPS) is 24.4. The minimum atomic E-state index is 0.640. The SMILES string of the molecule is CC1CCc2cc(CC3CCCCC3)ccc2N1. The van der Waals surface area contributed by atoms with E-state index in [-0.39, 0.29) is 0 Å². The van der Waals surface area contributed by atoms with Crippen LogP contribution in [0.1, 0.15) is 56.6 Å². The molecule has 3 rings (SSSR count). The van der Waals surface area contributed by atoms with Crippen LogP contribution in [-0.4, -0.2) is 6.04 Å². The summed E-state index contributed by atoms with van der Waals surface area (Å²) in [7, 11) is 0. The topological polar surface area (TPSA) is 12.0 Å². The van der Waals surface area contributed by atoms with E-state index in [2.05, 4.69) is 30.4 Å². The van der Waals surface area contributed by atoms with Crippen molar-refractivity contribution in [3.8, 4) is 0 Å². The van der Waals surface area contributed by atoms with Crippen LogP contribution in [0, 0.1) is 5.92 Å². The fourth-order valence-corrected chi connectivity index (χ4v) is 3.56. The van der Waals surface area contributed by atoms with Crippen molar-refractivity contribution < 1.29 is 0 Å². The van der Waals surface area contributed by atoms with Gasteiger partial charge in [0.2, 0.25) is 0 Å². The average Bonchev–Trinajstić information content (AvgIpc) is 2.40. The minimum absolute atomic E-state index is 0.640. The lowest BCUT2D eigenvalue weighted by Crippen LogP contribution is -2.22. The van der Waals surface area contributed by atoms with Gasteiger partial charge < -0.3 is 5.32 Å². The van der Waals surface area contributed by atoms with Crippen LogP contribution in [0.25, 0.3) is 0 Å². The third-order valence-electron chi connectivity index (χ3n) is 4.67. The van der Waals surface area contributed by atoms with Crippen LogP contribution < -0.4 is 5.32 Å². The molecule has 1 heteroatoms. The standard InChI is InChI=1S/C17H25N/c1-13-7-9-16-12-15(8-10-17(16)18-13)11-14-5-3-2-4-6-14/h8,10,12-14,18H,2-7,9,11H2,1H3. The Labute approximate surface area is 111 Å². The third-order valence-corrected chi connectivity index (χ3v) is 4.67. The lowest BCUT2D eigenvalue weighted by molar-refractivity contribution is 0.356. The molecular weight excluding hydrogens is 218 g/mol. The van der Waals surface area contributed by atoms with E-state index in [0.717, 1.165) is 5.92 Å². The number of aryl methyl sites for hydroxylation is 1. The predicted octanol–water partition coefficient (Wildman–Crippen LogP) is 4.56. The fourth-order valence-electron chi connectivity index (χ4n) is 3.56. The summed E-state index contributed by atoms with van der Waals surface area (Å²) < 4.78 is 0. The molecule has 1 nitrogen and oxygen atoms in total. The summed E-state index contributed by atoms with van der Waals surface area (Å²) in [5.74, 6) is 0.951. The first-order chi connectivity index (χ1) is 8.81.